The lowest BCUT2D eigenvalue weighted by Crippen LogP contribution is -2.07. The largest absolute Gasteiger partial charge is 0.394 e. The van der Waals surface area contributed by atoms with Crippen molar-refractivity contribution in [2.24, 2.45) is 0 Å². The first-order valence-electron chi connectivity index (χ1n) is 5.32. The summed E-state index contributed by atoms with van der Waals surface area (Å²) in [6.07, 6.45) is 1.34. The summed E-state index contributed by atoms with van der Waals surface area (Å²) in [6, 6.07) is 1.87. The fourth-order valence-corrected chi connectivity index (χ4v) is 1.79. The predicted molar refractivity (Wildman–Crippen MR) is 56.5 cm³/mol. The van der Waals surface area contributed by atoms with Gasteiger partial charge in [0.2, 0.25) is 0 Å². The number of nitrogens with two attached hydrogens (primary N) is 1. The number of hydrogen-bond acceptors (Lipinski definition) is 4. The van der Waals surface area contributed by atoms with Gasteiger partial charge in [-0.05, 0) is 13.3 Å². The number of nitrogens with zero attached hydrogens (tertiary/aromatic N) is 2. The highest BCUT2D eigenvalue weighted by atomic mass is 16.5. The molecule has 3 N–H and O–H groups in total. The highest BCUT2D eigenvalue weighted by Gasteiger charge is 2.41. The Hall–Kier alpha value is -1.07. The molecule has 5 heteroatoms. The minimum absolute atomic E-state index is 0.0604. The molecular weight excluding hydrogens is 194 g/mol. The highest BCUT2D eigenvalue weighted by molar-refractivity contribution is 5.35. The first-order chi connectivity index (χ1) is 7.26. The van der Waals surface area contributed by atoms with Crippen LogP contribution in [0.2, 0.25) is 0 Å². The molecule has 1 aromatic rings. The van der Waals surface area contributed by atoms with E-state index in [1.165, 1.54) is 0 Å². The summed E-state index contributed by atoms with van der Waals surface area (Å²) in [4.78, 5) is 0. The molecule has 1 saturated carbocycles. The van der Waals surface area contributed by atoms with Gasteiger partial charge in [-0.2, -0.15) is 5.10 Å². The van der Waals surface area contributed by atoms with E-state index in [0.29, 0.717) is 24.4 Å². The molecule has 1 heterocycles. The van der Waals surface area contributed by atoms with Gasteiger partial charge >= 0.3 is 0 Å². The third-order valence-corrected chi connectivity index (χ3v) is 2.63. The summed E-state index contributed by atoms with van der Waals surface area (Å²) in [7, 11) is 0. The average molecular weight is 211 g/mol. The molecule has 2 unspecified atom stereocenters. The highest BCUT2D eigenvalue weighted by Crippen LogP contribution is 2.42. The molecule has 0 saturated heterocycles. The molecule has 0 radical (unpaired) electrons. The number of aliphatic hydroxyl groups is 1. The molecule has 1 aromatic heterocycles. The summed E-state index contributed by atoms with van der Waals surface area (Å²) in [5.41, 5.74) is 6.75. The van der Waals surface area contributed by atoms with Crippen LogP contribution in [0.5, 0.6) is 0 Å². The molecule has 1 aliphatic rings. The number of anilines is 1. The Kier molecular flexibility index (Phi) is 2.93. The summed E-state index contributed by atoms with van der Waals surface area (Å²) in [6.45, 7) is 3.25. The van der Waals surface area contributed by atoms with Crippen LogP contribution in [0.4, 0.5) is 5.82 Å². The maximum Gasteiger partial charge on any atom is 0.122 e. The van der Waals surface area contributed by atoms with E-state index in [9.17, 15) is 0 Å². The van der Waals surface area contributed by atoms with Gasteiger partial charge in [-0.1, -0.05) is 0 Å². The monoisotopic (exact) mass is 211 g/mol. The van der Waals surface area contributed by atoms with Crippen LogP contribution in [0.25, 0.3) is 0 Å². The number of rotatable bonds is 5. The number of aromatic nitrogens is 2. The number of ether oxygens (including phenoxy) is 1. The van der Waals surface area contributed by atoms with Crippen LogP contribution >= 0.6 is 0 Å². The van der Waals surface area contributed by atoms with E-state index in [2.05, 4.69) is 5.10 Å². The molecule has 0 spiro atoms. The Balaban J connectivity index is 2.01. The number of hydrogen-bond donors (Lipinski definition) is 2. The van der Waals surface area contributed by atoms with Gasteiger partial charge in [0.25, 0.3) is 0 Å². The van der Waals surface area contributed by atoms with Gasteiger partial charge in [0.1, 0.15) is 5.82 Å². The Morgan fingerprint density at radius 3 is 3.20 bits per heavy atom. The Morgan fingerprint density at radius 1 is 1.73 bits per heavy atom. The van der Waals surface area contributed by atoms with Crippen LogP contribution < -0.4 is 5.73 Å². The Morgan fingerprint density at radius 2 is 2.53 bits per heavy atom. The molecule has 0 amide bonds. The molecule has 0 aromatic carbocycles. The topological polar surface area (TPSA) is 73.3 Å². The molecule has 1 fully saturated rings. The van der Waals surface area contributed by atoms with E-state index < -0.39 is 0 Å². The molecule has 5 nitrogen and oxygen atoms in total. The van der Waals surface area contributed by atoms with E-state index in [4.69, 9.17) is 15.6 Å². The maximum atomic E-state index is 8.80. The fraction of sp³-hybridized carbons (Fsp3) is 0.700. The lowest BCUT2D eigenvalue weighted by Gasteiger charge is -1.99. The van der Waals surface area contributed by atoms with Crippen molar-refractivity contribution < 1.29 is 9.84 Å². The third-order valence-electron chi connectivity index (χ3n) is 2.63. The average Bonchev–Trinajstić information content (AvgIpc) is 2.87. The first-order valence-corrected chi connectivity index (χ1v) is 5.32. The summed E-state index contributed by atoms with van der Waals surface area (Å²) in [5, 5.41) is 13.1. The summed E-state index contributed by atoms with van der Waals surface area (Å²) >= 11 is 0. The maximum absolute atomic E-state index is 8.80. The van der Waals surface area contributed by atoms with Crippen LogP contribution in [0.1, 0.15) is 25.0 Å². The van der Waals surface area contributed by atoms with Crippen molar-refractivity contribution in [1.29, 1.82) is 0 Å². The SMILES string of the molecule is CCOC1CC1c1cc(N)n(CCO)n1. The van der Waals surface area contributed by atoms with Gasteiger partial charge in [-0.3, -0.25) is 0 Å². The molecule has 1 aliphatic carbocycles. The van der Waals surface area contributed by atoms with Gasteiger partial charge < -0.3 is 15.6 Å². The van der Waals surface area contributed by atoms with Crippen molar-refractivity contribution in [2.45, 2.75) is 31.9 Å². The molecule has 84 valence electrons. The lowest BCUT2D eigenvalue weighted by molar-refractivity contribution is 0.128. The van der Waals surface area contributed by atoms with E-state index in [0.717, 1.165) is 18.7 Å². The van der Waals surface area contributed by atoms with Gasteiger partial charge in [0.05, 0.1) is 24.9 Å². The minimum Gasteiger partial charge on any atom is -0.394 e. The normalized spacial score (nSPS) is 24.4. The molecule has 0 bridgehead atoms. The van der Waals surface area contributed by atoms with Gasteiger partial charge in [0, 0.05) is 18.6 Å². The second kappa shape index (κ2) is 4.20. The van der Waals surface area contributed by atoms with E-state index in [1.54, 1.807) is 4.68 Å². The standard InChI is InChI=1S/C10H17N3O2/c1-2-15-9-5-7(9)8-6-10(11)13(12-8)3-4-14/h6-7,9,14H,2-5,11H2,1H3. The van der Waals surface area contributed by atoms with Crippen molar-refractivity contribution in [3.63, 3.8) is 0 Å². The van der Waals surface area contributed by atoms with Gasteiger partial charge in [-0.25, -0.2) is 4.68 Å². The van der Waals surface area contributed by atoms with Crippen LogP contribution in [-0.4, -0.2) is 34.2 Å². The number of aliphatic hydroxyl groups excluding tert-OH is 1. The van der Waals surface area contributed by atoms with Crippen LogP contribution in [-0.2, 0) is 11.3 Å². The molecular formula is C10H17N3O2. The van der Waals surface area contributed by atoms with Gasteiger partial charge in [0.15, 0.2) is 0 Å². The summed E-state index contributed by atoms with van der Waals surface area (Å²) in [5.74, 6) is 1.01. The quantitative estimate of drug-likeness (QED) is 0.737. The van der Waals surface area contributed by atoms with Crippen molar-refractivity contribution in [1.82, 2.24) is 9.78 Å². The zero-order valence-electron chi connectivity index (χ0n) is 8.89. The van der Waals surface area contributed by atoms with Gasteiger partial charge in [-0.15, -0.1) is 0 Å². The van der Waals surface area contributed by atoms with E-state index in [1.807, 2.05) is 13.0 Å². The predicted octanol–water partition coefficient (Wildman–Crippen LogP) is 0.350. The lowest BCUT2D eigenvalue weighted by atomic mass is 10.3. The van der Waals surface area contributed by atoms with Crippen LogP contribution in [0.3, 0.4) is 0 Å². The minimum atomic E-state index is 0.0604. The second-order valence-corrected chi connectivity index (χ2v) is 3.78. The van der Waals surface area contributed by atoms with Crippen molar-refractivity contribution >= 4 is 5.82 Å². The van der Waals surface area contributed by atoms with Crippen molar-refractivity contribution in [2.75, 3.05) is 18.9 Å². The Bertz CT molecular complexity index is 337. The van der Waals surface area contributed by atoms with E-state index >= 15 is 0 Å². The molecule has 0 aliphatic heterocycles. The third kappa shape index (κ3) is 2.13. The molecule has 2 rings (SSSR count). The number of nitrogen functional groups attached to an aromatic ring is 1. The fourth-order valence-electron chi connectivity index (χ4n) is 1.79. The zero-order chi connectivity index (χ0) is 10.8. The molecule has 15 heavy (non-hydrogen) atoms. The second-order valence-electron chi connectivity index (χ2n) is 3.78. The Labute approximate surface area is 88.8 Å². The first kappa shape index (κ1) is 10.4. The van der Waals surface area contributed by atoms with Crippen molar-refractivity contribution in [3.05, 3.63) is 11.8 Å². The van der Waals surface area contributed by atoms with Crippen molar-refractivity contribution in [3.8, 4) is 0 Å². The summed E-state index contributed by atoms with van der Waals surface area (Å²) < 4.78 is 7.13. The smallest absolute Gasteiger partial charge is 0.122 e. The zero-order valence-corrected chi connectivity index (χ0v) is 8.89. The van der Waals surface area contributed by atoms with E-state index in [-0.39, 0.29) is 6.61 Å². The van der Waals surface area contributed by atoms with Crippen LogP contribution in [0.15, 0.2) is 6.07 Å². The van der Waals surface area contributed by atoms with Crippen LogP contribution in [0, 0.1) is 0 Å². The molecule has 2 atom stereocenters.